The van der Waals surface area contributed by atoms with E-state index in [1.165, 1.54) is 17.8 Å². The molecular weight excluding hydrogens is 436 g/mol. The standard InChI is InChI=1S/C19H29ClN2O7S/c1-9(20)13(17-15(26)14(25)16(27)19(29-17)30-2)22-18(28)11-5-3-10(7-8-21-11)4-6-12(23)24/h3-4,6,9,11,13-17,19,21,25-27H,5,7-8H2,1-2H3,(H,22,28)(H,23,24)/b6-4+/t9-,11?,13+,14?,15?,16+,17+,19?/m0/s1. The Morgan fingerprint density at radius 3 is 2.63 bits per heavy atom. The third-order valence-corrected chi connectivity index (χ3v) is 6.30. The number of aliphatic hydroxyl groups is 3. The van der Waals surface area contributed by atoms with Crippen molar-refractivity contribution in [3.8, 4) is 0 Å². The summed E-state index contributed by atoms with van der Waals surface area (Å²) in [6.07, 6.45) is 1.86. The summed E-state index contributed by atoms with van der Waals surface area (Å²) in [5.74, 6) is -1.40. The van der Waals surface area contributed by atoms with E-state index in [1.807, 2.05) is 0 Å². The Labute approximate surface area is 184 Å². The van der Waals surface area contributed by atoms with E-state index < -0.39 is 53.3 Å². The Morgan fingerprint density at radius 2 is 2.03 bits per heavy atom. The van der Waals surface area contributed by atoms with Crippen LogP contribution in [0.5, 0.6) is 0 Å². The molecule has 1 saturated heterocycles. The van der Waals surface area contributed by atoms with Crippen LogP contribution in [0.1, 0.15) is 19.8 Å². The second-order valence-electron chi connectivity index (χ2n) is 7.33. The number of thioether (sulfide) groups is 1. The lowest BCUT2D eigenvalue weighted by Crippen LogP contribution is -2.65. The lowest BCUT2D eigenvalue weighted by molar-refractivity contribution is -0.205. The average molecular weight is 465 g/mol. The number of halogens is 1. The zero-order valence-electron chi connectivity index (χ0n) is 16.8. The summed E-state index contributed by atoms with van der Waals surface area (Å²) in [5, 5.41) is 44.6. The predicted octanol–water partition coefficient (Wildman–Crippen LogP) is -0.412. The van der Waals surface area contributed by atoms with Crippen LogP contribution in [0.4, 0.5) is 0 Å². The molecule has 9 nitrogen and oxygen atoms in total. The number of carbonyl (C=O) groups excluding carboxylic acids is 1. The molecule has 2 heterocycles. The van der Waals surface area contributed by atoms with Crippen LogP contribution in [0.25, 0.3) is 0 Å². The minimum atomic E-state index is -1.43. The molecule has 0 saturated carbocycles. The Balaban J connectivity index is 2.09. The number of carbonyl (C=O) groups is 2. The normalized spacial score (nSPS) is 34.7. The van der Waals surface area contributed by atoms with Crippen LogP contribution in [0.15, 0.2) is 23.8 Å². The van der Waals surface area contributed by atoms with E-state index in [9.17, 15) is 24.9 Å². The molecule has 30 heavy (non-hydrogen) atoms. The smallest absolute Gasteiger partial charge is 0.328 e. The maximum atomic E-state index is 12.9. The molecule has 4 unspecified atom stereocenters. The second-order valence-corrected chi connectivity index (χ2v) is 8.96. The van der Waals surface area contributed by atoms with Gasteiger partial charge < -0.3 is 35.8 Å². The van der Waals surface area contributed by atoms with Crippen molar-refractivity contribution in [2.45, 2.75) is 67.1 Å². The highest BCUT2D eigenvalue weighted by Gasteiger charge is 2.48. The first kappa shape index (κ1) is 25.1. The minimum Gasteiger partial charge on any atom is -0.478 e. The maximum Gasteiger partial charge on any atom is 0.328 e. The molecule has 0 aromatic rings. The number of amides is 1. The van der Waals surface area contributed by atoms with Gasteiger partial charge in [0.05, 0.1) is 17.5 Å². The number of ether oxygens (including phenoxy) is 1. The lowest BCUT2D eigenvalue weighted by Gasteiger charge is -2.44. The molecule has 170 valence electrons. The highest BCUT2D eigenvalue weighted by atomic mass is 35.5. The monoisotopic (exact) mass is 464 g/mol. The van der Waals surface area contributed by atoms with Crippen molar-refractivity contribution in [3.63, 3.8) is 0 Å². The van der Waals surface area contributed by atoms with Crippen LogP contribution in [0, 0.1) is 0 Å². The zero-order valence-corrected chi connectivity index (χ0v) is 18.3. The van der Waals surface area contributed by atoms with Gasteiger partial charge in [0.25, 0.3) is 0 Å². The molecule has 0 bridgehead atoms. The first-order valence-electron chi connectivity index (χ1n) is 9.66. The van der Waals surface area contributed by atoms with E-state index in [4.69, 9.17) is 21.4 Å². The van der Waals surface area contributed by atoms with Crippen molar-refractivity contribution >= 4 is 35.2 Å². The molecular formula is C19H29ClN2O7S. The number of allylic oxidation sites excluding steroid dienone is 1. The number of hydrogen-bond donors (Lipinski definition) is 6. The summed E-state index contributed by atoms with van der Waals surface area (Å²) >= 11 is 7.45. The molecule has 0 radical (unpaired) electrons. The molecule has 2 aliphatic heterocycles. The summed E-state index contributed by atoms with van der Waals surface area (Å²) in [5.41, 5.74) is 0.0409. The van der Waals surface area contributed by atoms with E-state index >= 15 is 0 Å². The van der Waals surface area contributed by atoms with Crippen LogP contribution >= 0.6 is 23.4 Å². The number of nitrogens with one attached hydrogen (secondary N) is 2. The van der Waals surface area contributed by atoms with Gasteiger partial charge in [-0.05, 0) is 32.6 Å². The Hall–Kier alpha value is -1.14. The molecule has 1 fully saturated rings. The van der Waals surface area contributed by atoms with Crippen molar-refractivity contribution in [1.82, 2.24) is 10.6 Å². The summed E-state index contributed by atoms with van der Waals surface area (Å²) < 4.78 is 5.75. The van der Waals surface area contributed by atoms with E-state index in [0.717, 1.165) is 11.6 Å². The Bertz CT molecular complexity index is 673. The Morgan fingerprint density at radius 1 is 1.33 bits per heavy atom. The highest BCUT2D eigenvalue weighted by Crippen LogP contribution is 2.30. The van der Waals surface area contributed by atoms with Gasteiger partial charge in [0.1, 0.15) is 29.9 Å². The SMILES string of the molecule is CSC1O[C@H]([C@H](NC(=O)C2CC=C(/C=C/C(=O)O)CCN2)[C@H](C)Cl)C(O)C(O)[C@H]1O. The van der Waals surface area contributed by atoms with E-state index in [2.05, 4.69) is 10.6 Å². The van der Waals surface area contributed by atoms with E-state index in [1.54, 1.807) is 19.3 Å². The van der Waals surface area contributed by atoms with Crippen LogP contribution < -0.4 is 10.6 Å². The van der Waals surface area contributed by atoms with Gasteiger partial charge in [0.2, 0.25) is 5.91 Å². The maximum absolute atomic E-state index is 12.9. The quantitative estimate of drug-likeness (QED) is 0.218. The number of hydrogen-bond acceptors (Lipinski definition) is 8. The second kappa shape index (κ2) is 11.5. The van der Waals surface area contributed by atoms with E-state index in [0.29, 0.717) is 19.4 Å². The van der Waals surface area contributed by atoms with Crippen LogP contribution in [-0.2, 0) is 14.3 Å². The van der Waals surface area contributed by atoms with Crippen LogP contribution in [-0.4, -0.2) is 92.4 Å². The first-order valence-corrected chi connectivity index (χ1v) is 11.4. The molecule has 0 spiro atoms. The molecule has 0 aromatic heterocycles. The van der Waals surface area contributed by atoms with Gasteiger partial charge in [-0.15, -0.1) is 23.4 Å². The predicted molar refractivity (Wildman–Crippen MR) is 113 cm³/mol. The summed E-state index contributed by atoms with van der Waals surface area (Å²) in [6.45, 7) is 2.13. The summed E-state index contributed by atoms with van der Waals surface area (Å²) in [6, 6.07) is -1.39. The molecule has 11 heteroatoms. The van der Waals surface area contributed by atoms with Gasteiger partial charge in [-0.1, -0.05) is 17.7 Å². The third-order valence-electron chi connectivity index (χ3n) is 5.17. The molecule has 1 amide bonds. The summed E-state index contributed by atoms with van der Waals surface area (Å²) in [7, 11) is 0. The van der Waals surface area contributed by atoms with Crippen LogP contribution in [0.3, 0.4) is 0 Å². The number of aliphatic hydroxyl groups excluding tert-OH is 3. The molecule has 6 N–H and O–H groups in total. The molecule has 2 aliphatic rings. The fraction of sp³-hybridized carbons (Fsp3) is 0.684. The fourth-order valence-corrected chi connectivity index (χ4v) is 4.35. The van der Waals surface area contributed by atoms with Crippen molar-refractivity contribution in [3.05, 3.63) is 23.8 Å². The van der Waals surface area contributed by atoms with Gasteiger partial charge >= 0.3 is 5.97 Å². The number of carboxylic acid groups (broad SMARTS) is 1. The van der Waals surface area contributed by atoms with Gasteiger partial charge in [-0.3, -0.25) is 4.79 Å². The number of carboxylic acids is 1. The zero-order chi connectivity index (χ0) is 22.4. The van der Waals surface area contributed by atoms with Crippen LogP contribution in [0.2, 0.25) is 0 Å². The number of aliphatic carboxylic acids is 1. The number of rotatable bonds is 7. The molecule has 2 rings (SSSR count). The van der Waals surface area contributed by atoms with E-state index in [-0.39, 0.29) is 5.91 Å². The average Bonchev–Trinajstić information content (AvgIpc) is 2.95. The highest BCUT2D eigenvalue weighted by molar-refractivity contribution is 7.99. The van der Waals surface area contributed by atoms with Crippen molar-refractivity contribution < 1.29 is 34.8 Å². The largest absolute Gasteiger partial charge is 0.478 e. The van der Waals surface area contributed by atoms with Gasteiger partial charge in [-0.25, -0.2) is 4.79 Å². The van der Waals surface area contributed by atoms with Gasteiger partial charge in [0.15, 0.2) is 0 Å². The fourth-order valence-electron chi connectivity index (χ4n) is 3.46. The Kier molecular flexibility index (Phi) is 9.61. The third kappa shape index (κ3) is 6.43. The molecule has 0 aliphatic carbocycles. The van der Waals surface area contributed by atoms with Crippen molar-refractivity contribution in [1.29, 1.82) is 0 Å². The van der Waals surface area contributed by atoms with Gasteiger partial charge in [-0.2, -0.15) is 0 Å². The molecule has 0 aromatic carbocycles. The lowest BCUT2D eigenvalue weighted by atomic mass is 9.93. The minimum absolute atomic E-state index is 0.345. The van der Waals surface area contributed by atoms with Crippen molar-refractivity contribution in [2.75, 3.05) is 12.8 Å². The summed E-state index contributed by atoms with van der Waals surface area (Å²) in [4.78, 5) is 23.5. The van der Waals surface area contributed by atoms with Gasteiger partial charge in [0, 0.05) is 6.08 Å². The molecule has 8 atom stereocenters. The number of alkyl halides is 1. The van der Waals surface area contributed by atoms with Crippen molar-refractivity contribution in [2.24, 2.45) is 0 Å². The first-order chi connectivity index (χ1) is 14.1. The topological polar surface area (TPSA) is 148 Å².